The van der Waals surface area contributed by atoms with E-state index in [9.17, 15) is 0 Å². The Morgan fingerprint density at radius 3 is 1.53 bits per heavy atom. The predicted molar refractivity (Wildman–Crippen MR) is 56.1 cm³/mol. The minimum absolute atomic E-state index is 1.05. The number of hydrogen-bond acceptors (Lipinski definition) is 6. The van der Waals surface area contributed by atoms with Crippen molar-refractivity contribution in [1.29, 1.82) is 0 Å². The van der Waals surface area contributed by atoms with Crippen molar-refractivity contribution in [3.8, 4) is 0 Å². The van der Waals surface area contributed by atoms with E-state index >= 15 is 0 Å². The van der Waals surface area contributed by atoms with Gasteiger partial charge in [0.25, 0.3) is 0 Å². The predicted octanol–water partition coefficient (Wildman–Crippen LogP) is 0.424. The zero-order valence-electron chi connectivity index (χ0n) is 9.31. The van der Waals surface area contributed by atoms with Gasteiger partial charge in [0.15, 0.2) is 0 Å². The van der Waals surface area contributed by atoms with Crippen molar-refractivity contribution in [1.82, 2.24) is 5.01 Å². The summed E-state index contributed by atoms with van der Waals surface area (Å²) in [5, 5.41) is 1.92. The van der Waals surface area contributed by atoms with Crippen molar-refractivity contribution in [2.75, 3.05) is 13.1 Å². The molecular formula is C8H20N2O4S-2. The fourth-order valence-corrected chi connectivity index (χ4v) is 0.834. The lowest BCUT2D eigenvalue weighted by Crippen LogP contribution is -2.32. The van der Waals surface area contributed by atoms with Gasteiger partial charge in [-0.3, -0.25) is 14.3 Å². The smallest absolute Gasteiger partial charge is 0.0311 e. The molecule has 0 radical (unpaired) electrons. The van der Waals surface area contributed by atoms with E-state index in [-0.39, 0.29) is 0 Å². The Morgan fingerprint density at radius 2 is 1.33 bits per heavy atom. The standard InChI is InChI=1S/C8H20N2.H2O4S/c1-3-5-7-10(9)8-6-4-2;1-5(2,3)4/h3-9H2,1-2H3;(H2,1,2,3,4)/p-2. The van der Waals surface area contributed by atoms with E-state index in [4.69, 9.17) is 23.4 Å². The molecule has 6 nitrogen and oxygen atoms in total. The van der Waals surface area contributed by atoms with Crippen LogP contribution in [0.1, 0.15) is 39.5 Å². The molecule has 0 aliphatic heterocycles. The molecule has 0 unspecified atom stereocenters. The van der Waals surface area contributed by atoms with Crippen LogP contribution in [0.4, 0.5) is 0 Å². The third kappa shape index (κ3) is 31.6. The molecule has 0 aromatic rings. The van der Waals surface area contributed by atoms with Crippen LogP contribution in [-0.4, -0.2) is 35.6 Å². The number of unbranched alkanes of at least 4 members (excludes halogenated alkanes) is 2. The van der Waals surface area contributed by atoms with E-state index in [1.54, 1.807) is 0 Å². The molecule has 0 aromatic heterocycles. The van der Waals surface area contributed by atoms with Crippen LogP contribution in [0.5, 0.6) is 0 Å². The average Bonchev–Trinajstić information content (AvgIpc) is 2.08. The van der Waals surface area contributed by atoms with Gasteiger partial charge in [-0.05, 0) is 12.8 Å². The SMILES string of the molecule is CCCCN(N)CCCC.O=S(=O)([O-])[O-]. The van der Waals surface area contributed by atoms with Gasteiger partial charge in [0, 0.05) is 23.5 Å². The third-order valence-electron chi connectivity index (χ3n) is 1.60. The quantitative estimate of drug-likeness (QED) is 0.312. The van der Waals surface area contributed by atoms with E-state index in [2.05, 4.69) is 13.8 Å². The van der Waals surface area contributed by atoms with E-state index in [1.165, 1.54) is 25.7 Å². The molecule has 0 bridgehead atoms. The molecule has 0 aliphatic carbocycles. The fourth-order valence-electron chi connectivity index (χ4n) is 0.834. The van der Waals surface area contributed by atoms with Gasteiger partial charge in [-0.1, -0.05) is 26.7 Å². The molecule has 0 saturated heterocycles. The van der Waals surface area contributed by atoms with Gasteiger partial charge in [0.2, 0.25) is 0 Å². The summed E-state index contributed by atoms with van der Waals surface area (Å²) in [6.45, 7) is 6.48. The monoisotopic (exact) mass is 240 g/mol. The van der Waals surface area contributed by atoms with Gasteiger partial charge in [-0.2, -0.15) is 0 Å². The van der Waals surface area contributed by atoms with Crippen LogP contribution in [0.3, 0.4) is 0 Å². The molecular weight excluding hydrogens is 220 g/mol. The Balaban J connectivity index is 0. The molecule has 0 heterocycles. The van der Waals surface area contributed by atoms with Crippen molar-refractivity contribution in [3.05, 3.63) is 0 Å². The summed E-state index contributed by atoms with van der Waals surface area (Å²) < 4.78 is 34.1. The maximum Gasteiger partial charge on any atom is 0.0311 e. The Bertz CT molecular complexity index is 203. The highest BCUT2D eigenvalue weighted by Crippen LogP contribution is 1.92. The van der Waals surface area contributed by atoms with Crippen molar-refractivity contribution in [3.63, 3.8) is 0 Å². The molecule has 0 fully saturated rings. The van der Waals surface area contributed by atoms with Crippen LogP contribution in [0.15, 0.2) is 0 Å². The molecule has 0 spiro atoms. The van der Waals surface area contributed by atoms with Gasteiger partial charge in [0.1, 0.15) is 0 Å². The Kier molecular flexibility index (Phi) is 11.8. The van der Waals surface area contributed by atoms with Crippen LogP contribution in [0, 0.1) is 0 Å². The minimum atomic E-state index is -5.17. The van der Waals surface area contributed by atoms with Gasteiger partial charge in [0.05, 0.1) is 0 Å². The first-order valence-corrected chi connectivity index (χ1v) is 6.30. The van der Waals surface area contributed by atoms with Crippen LogP contribution in [0.2, 0.25) is 0 Å². The van der Waals surface area contributed by atoms with Gasteiger partial charge in [-0.15, -0.1) is 0 Å². The maximum atomic E-state index is 8.52. The largest absolute Gasteiger partial charge is 0.759 e. The first-order chi connectivity index (χ1) is 6.81. The molecule has 0 amide bonds. The first-order valence-electron chi connectivity index (χ1n) is 4.97. The first kappa shape index (κ1) is 17.2. The summed E-state index contributed by atoms with van der Waals surface area (Å²) >= 11 is 0. The second-order valence-electron chi connectivity index (χ2n) is 3.15. The van der Waals surface area contributed by atoms with E-state index in [1.807, 2.05) is 5.01 Å². The summed E-state index contributed by atoms with van der Waals surface area (Å²) in [6.07, 6.45) is 4.92. The van der Waals surface area contributed by atoms with Crippen molar-refractivity contribution < 1.29 is 17.5 Å². The highest BCUT2D eigenvalue weighted by atomic mass is 32.3. The third-order valence-corrected chi connectivity index (χ3v) is 1.60. The van der Waals surface area contributed by atoms with Gasteiger partial charge >= 0.3 is 0 Å². The average molecular weight is 240 g/mol. The summed E-state index contributed by atoms with van der Waals surface area (Å²) in [4.78, 5) is 0. The zero-order valence-corrected chi connectivity index (χ0v) is 10.1. The van der Waals surface area contributed by atoms with Crippen LogP contribution in [0.25, 0.3) is 0 Å². The minimum Gasteiger partial charge on any atom is -0.759 e. The van der Waals surface area contributed by atoms with Gasteiger partial charge < -0.3 is 9.11 Å². The lowest BCUT2D eigenvalue weighted by Gasteiger charge is -2.14. The maximum absolute atomic E-state index is 8.52. The van der Waals surface area contributed by atoms with Crippen molar-refractivity contribution in [2.45, 2.75) is 39.5 Å². The molecule has 0 saturated carbocycles. The topological polar surface area (TPSA) is 110 Å². The number of rotatable bonds is 6. The highest BCUT2D eigenvalue weighted by Gasteiger charge is 1.94. The van der Waals surface area contributed by atoms with Crippen LogP contribution < -0.4 is 5.84 Å². The molecule has 2 N–H and O–H groups in total. The van der Waals surface area contributed by atoms with E-state index in [0.29, 0.717) is 0 Å². The van der Waals surface area contributed by atoms with Crippen LogP contribution in [-0.2, 0) is 10.4 Å². The Morgan fingerprint density at radius 1 is 1.07 bits per heavy atom. The molecule has 15 heavy (non-hydrogen) atoms. The second kappa shape index (κ2) is 10.3. The second-order valence-corrected chi connectivity index (χ2v) is 3.97. The number of nitrogens with two attached hydrogens (primary N) is 1. The lowest BCUT2D eigenvalue weighted by atomic mass is 10.3. The van der Waals surface area contributed by atoms with Crippen molar-refractivity contribution in [2.24, 2.45) is 5.84 Å². The number of hydrogen-bond donors (Lipinski definition) is 1. The molecule has 0 atom stereocenters. The highest BCUT2D eigenvalue weighted by molar-refractivity contribution is 7.79. The molecule has 0 aliphatic rings. The zero-order chi connectivity index (χ0) is 12.3. The van der Waals surface area contributed by atoms with Crippen molar-refractivity contribution >= 4 is 10.4 Å². The number of hydrazine groups is 1. The van der Waals surface area contributed by atoms with Gasteiger partial charge in [-0.25, -0.2) is 5.01 Å². The molecule has 7 heteroatoms. The summed E-state index contributed by atoms with van der Waals surface area (Å²) in [6, 6.07) is 0. The molecule has 94 valence electrons. The fraction of sp³-hybridized carbons (Fsp3) is 1.00. The van der Waals surface area contributed by atoms with E-state index in [0.717, 1.165) is 13.1 Å². The Hall–Kier alpha value is -0.210. The summed E-state index contributed by atoms with van der Waals surface area (Å²) in [5.74, 6) is 5.68. The summed E-state index contributed by atoms with van der Waals surface area (Å²) in [7, 11) is -5.17. The molecule has 0 rings (SSSR count). The van der Waals surface area contributed by atoms with Crippen LogP contribution >= 0.6 is 0 Å². The molecule has 0 aromatic carbocycles. The van der Waals surface area contributed by atoms with E-state index < -0.39 is 10.4 Å². The Labute approximate surface area is 92.0 Å². The normalized spacial score (nSPS) is 11.1. The summed E-state index contributed by atoms with van der Waals surface area (Å²) in [5.41, 5.74) is 0. The lowest BCUT2D eigenvalue weighted by molar-refractivity contribution is 0.274. The number of nitrogens with zero attached hydrogens (tertiary/aromatic N) is 1.